The third-order valence-electron chi connectivity index (χ3n) is 0.940. The molecule has 0 amide bonds. The first-order valence-corrected chi connectivity index (χ1v) is 10.5. The van der Waals surface area contributed by atoms with E-state index >= 15 is 0 Å². The molecule has 0 bridgehead atoms. The van der Waals surface area contributed by atoms with Crippen LogP contribution in [0, 0.1) is 0 Å². The standard InChI is InChI=1S/C5H5F2Ge.3C4H10O.Zr/c6-8(7)5-3-1-2-4-5;3*1-4(2,3)5;/h1-4,8H;3*5H,1-3H3;/q-1;;;;. The normalized spacial score (nSPS) is 11.0. The second kappa shape index (κ2) is 14.7. The molecule has 0 atom stereocenters. The molecule has 0 aliphatic carbocycles. The zero-order valence-corrected chi connectivity index (χ0v) is 21.4. The maximum atomic E-state index is 11.8. The van der Waals surface area contributed by atoms with Gasteiger partial charge in [-0.2, -0.15) is 0 Å². The van der Waals surface area contributed by atoms with Crippen LogP contribution in [0.3, 0.4) is 0 Å². The molecule has 24 heavy (non-hydrogen) atoms. The summed E-state index contributed by atoms with van der Waals surface area (Å²) in [5.74, 6) is 0. The van der Waals surface area contributed by atoms with Crippen LogP contribution in [0.2, 0.25) is 0 Å². The van der Waals surface area contributed by atoms with Gasteiger partial charge in [0.1, 0.15) is 0 Å². The molecule has 0 fully saturated rings. The van der Waals surface area contributed by atoms with Crippen LogP contribution in [0.4, 0.5) is 7.00 Å². The van der Waals surface area contributed by atoms with Gasteiger partial charge in [-0.3, -0.25) is 0 Å². The maximum absolute atomic E-state index is 11.8. The van der Waals surface area contributed by atoms with Gasteiger partial charge in [-0.15, -0.1) is 0 Å². The van der Waals surface area contributed by atoms with Gasteiger partial charge in [-0.05, 0) is 62.3 Å². The Balaban J connectivity index is -0.000000113. The molecule has 7 heteroatoms. The van der Waals surface area contributed by atoms with Gasteiger partial charge in [-0.25, -0.2) is 0 Å². The molecule has 1 rings (SSSR count). The van der Waals surface area contributed by atoms with Crippen molar-refractivity contribution in [1.82, 2.24) is 0 Å². The third-order valence-corrected chi connectivity index (χ3v) is 2.81. The van der Waals surface area contributed by atoms with E-state index in [2.05, 4.69) is 0 Å². The molecule has 3 N–H and O–H groups in total. The monoisotopic (exact) mass is 489 g/mol. The first-order chi connectivity index (χ1) is 9.80. The average Bonchev–Trinajstić information content (AvgIpc) is 2.59. The predicted octanol–water partition coefficient (Wildman–Crippen LogP) is 3.10. The molecule has 0 saturated carbocycles. The van der Waals surface area contributed by atoms with Crippen LogP contribution in [0.15, 0.2) is 24.3 Å². The summed E-state index contributed by atoms with van der Waals surface area (Å²) >= 11 is -3.89. The third kappa shape index (κ3) is 78.6. The minimum atomic E-state index is -3.89. The Morgan fingerprint density at radius 1 is 0.667 bits per heavy atom. The largest absolute Gasteiger partial charge is 0 e. The summed E-state index contributed by atoms with van der Waals surface area (Å²) in [6.45, 7) is 15.7. The molecule has 0 aliphatic heterocycles. The molecule has 0 spiro atoms. The van der Waals surface area contributed by atoms with Crippen LogP contribution < -0.4 is 4.40 Å². The summed E-state index contributed by atoms with van der Waals surface area (Å²) in [5, 5.41) is 25.6. The van der Waals surface area contributed by atoms with Crippen LogP contribution in [-0.4, -0.2) is 47.4 Å². The van der Waals surface area contributed by atoms with Gasteiger partial charge in [-0.1, -0.05) is 0 Å². The summed E-state index contributed by atoms with van der Waals surface area (Å²) in [6.07, 6.45) is 0. The Labute approximate surface area is 171 Å². The van der Waals surface area contributed by atoms with Crippen LogP contribution in [0.1, 0.15) is 62.3 Å². The molecule has 0 unspecified atom stereocenters. The molecule has 0 heterocycles. The van der Waals surface area contributed by atoms with Crippen molar-refractivity contribution in [3.63, 3.8) is 0 Å². The average molecular weight is 489 g/mol. The van der Waals surface area contributed by atoms with Crippen molar-refractivity contribution >= 4 is 19.7 Å². The molecule has 0 radical (unpaired) electrons. The Bertz CT molecular complexity index is 318. The minimum Gasteiger partial charge on any atom is 0 e. The summed E-state index contributed by atoms with van der Waals surface area (Å²) in [4.78, 5) is 0. The zero-order chi connectivity index (χ0) is 19.5. The number of hydrogen-bond acceptors (Lipinski definition) is 3. The fraction of sp³-hybridized carbons (Fsp3) is 0.706. The Morgan fingerprint density at radius 2 is 0.833 bits per heavy atom. The Kier molecular flexibility index (Phi) is 19.7. The van der Waals surface area contributed by atoms with Gasteiger partial charge in [0.2, 0.25) is 0 Å². The molecule has 1 aromatic rings. The van der Waals surface area contributed by atoms with E-state index in [-0.39, 0.29) is 30.6 Å². The van der Waals surface area contributed by atoms with Crippen molar-refractivity contribution < 1.29 is 48.5 Å². The van der Waals surface area contributed by atoms with Crippen molar-refractivity contribution in [1.29, 1.82) is 0 Å². The van der Waals surface area contributed by atoms with Crippen LogP contribution in [-0.2, 0) is 26.2 Å². The van der Waals surface area contributed by atoms with Gasteiger partial charge in [0, 0.05) is 26.2 Å². The predicted molar refractivity (Wildman–Crippen MR) is 96.9 cm³/mol. The van der Waals surface area contributed by atoms with E-state index in [1.807, 2.05) is 0 Å². The van der Waals surface area contributed by atoms with E-state index in [1.165, 1.54) is 12.1 Å². The van der Waals surface area contributed by atoms with Crippen LogP contribution in [0.5, 0.6) is 0 Å². The second-order valence-electron chi connectivity index (χ2n) is 8.03. The van der Waals surface area contributed by atoms with E-state index in [4.69, 9.17) is 15.3 Å². The van der Waals surface area contributed by atoms with E-state index in [0.29, 0.717) is 0 Å². The number of hydrogen-bond donors (Lipinski definition) is 3. The van der Waals surface area contributed by atoms with E-state index < -0.39 is 32.1 Å². The fourth-order valence-corrected chi connectivity index (χ4v) is 1.61. The topological polar surface area (TPSA) is 60.7 Å². The zero-order valence-electron chi connectivity index (χ0n) is 16.5. The van der Waals surface area contributed by atoms with E-state index in [1.54, 1.807) is 74.4 Å². The summed E-state index contributed by atoms with van der Waals surface area (Å²) in [6, 6.07) is 6.27. The van der Waals surface area contributed by atoms with Crippen molar-refractivity contribution in [2.75, 3.05) is 0 Å². The molecule has 0 saturated heterocycles. The number of halogens is 2. The fourth-order valence-electron chi connectivity index (χ4n) is 0.534. The number of aliphatic hydroxyl groups is 3. The molecular formula is C17H35F2GeO3Zr-. The van der Waals surface area contributed by atoms with Gasteiger partial charge in [0.05, 0.1) is 16.8 Å². The molecule has 0 aliphatic rings. The van der Waals surface area contributed by atoms with E-state index in [0.717, 1.165) is 0 Å². The molecular weight excluding hydrogens is 454 g/mol. The number of rotatable bonds is 1. The maximum Gasteiger partial charge on any atom is 0 e. The van der Waals surface area contributed by atoms with Gasteiger partial charge in [0.25, 0.3) is 0 Å². The Hall–Kier alpha value is 0.516. The van der Waals surface area contributed by atoms with Crippen LogP contribution >= 0.6 is 0 Å². The van der Waals surface area contributed by atoms with Crippen molar-refractivity contribution in [2.45, 2.75) is 79.1 Å². The first kappa shape index (κ1) is 32.2. The molecule has 1 aromatic carbocycles. The molecule has 3 nitrogen and oxygen atoms in total. The SMILES string of the molecule is CC(C)(C)O.CC(C)(C)O.CC(C)(C)O.[F][GeH]([F])[c-]1cccc1.[Zr]. The molecule has 0 aromatic heterocycles. The van der Waals surface area contributed by atoms with Crippen molar-refractivity contribution in [2.24, 2.45) is 0 Å². The first-order valence-electron chi connectivity index (χ1n) is 7.47. The smallest absolute Gasteiger partial charge is 0 e. The summed E-state index contributed by atoms with van der Waals surface area (Å²) < 4.78 is 23.9. The quantitative estimate of drug-likeness (QED) is 0.420. The van der Waals surface area contributed by atoms with Crippen molar-refractivity contribution in [3.8, 4) is 0 Å². The summed E-state index contributed by atoms with van der Waals surface area (Å²) in [7, 11) is 0. The summed E-state index contributed by atoms with van der Waals surface area (Å²) in [5.41, 5.74) is -1.50. The van der Waals surface area contributed by atoms with E-state index in [9.17, 15) is 7.00 Å². The Morgan fingerprint density at radius 3 is 0.917 bits per heavy atom. The molecule has 144 valence electrons. The van der Waals surface area contributed by atoms with Gasteiger partial charge >= 0.3 is 50.9 Å². The van der Waals surface area contributed by atoms with Gasteiger partial charge in [0.15, 0.2) is 0 Å². The van der Waals surface area contributed by atoms with Crippen molar-refractivity contribution in [3.05, 3.63) is 24.3 Å². The minimum absolute atomic E-state index is 0. The van der Waals surface area contributed by atoms with Crippen LogP contribution in [0.25, 0.3) is 0 Å². The second-order valence-corrected chi connectivity index (χ2v) is 10.7. The van der Waals surface area contributed by atoms with Gasteiger partial charge < -0.3 is 15.3 Å².